The van der Waals surface area contributed by atoms with Gasteiger partial charge in [0.2, 0.25) is 15.9 Å². The highest BCUT2D eigenvalue weighted by molar-refractivity contribution is 7.89. The van der Waals surface area contributed by atoms with Crippen molar-refractivity contribution in [2.24, 2.45) is 0 Å². The third kappa shape index (κ3) is 3.19. The Morgan fingerprint density at radius 3 is 2.24 bits per heavy atom. The normalized spacial score (nSPS) is 18.8. The van der Waals surface area contributed by atoms with Crippen molar-refractivity contribution in [3.8, 4) is 0 Å². The number of hydrogen-bond acceptors (Lipinski definition) is 3. The van der Waals surface area contributed by atoms with Gasteiger partial charge in [0.25, 0.3) is 0 Å². The second-order valence-corrected chi connectivity index (χ2v) is 8.28. The summed E-state index contributed by atoms with van der Waals surface area (Å²) in [4.78, 5) is 12.8. The number of piperazine rings is 1. The fraction of sp³-hybridized carbons (Fsp3) is 0.316. The molecule has 6 heteroatoms. The summed E-state index contributed by atoms with van der Waals surface area (Å²) < 4.78 is 28.2. The molecule has 1 fully saturated rings. The molecule has 1 saturated heterocycles. The van der Waals surface area contributed by atoms with E-state index in [4.69, 9.17) is 0 Å². The zero-order valence-electron chi connectivity index (χ0n) is 14.6. The number of nitrogens with one attached hydrogen (secondary N) is 1. The average molecular weight is 358 g/mol. The lowest BCUT2D eigenvalue weighted by Gasteiger charge is -2.35. The van der Waals surface area contributed by atoms with E-state index < -0.39 is 16.1 Å². The Bertz CT molecular complexity index is 885. The van der Waals surface area contributed by atoms with Crippen LogP contribution in [0.3, 0.4) is 0 Å². The third-order valence-electron chi connectivity index (χ3n) is 4.45. The molecule has 0 saturated carbocycles. The molecule has 1 heterocycles. The highest BCUT2D eigenvalue weighted by Gasteiger charge is 2.40. The van der Waals surface area contributed by atoms with Crippen molar-refractivity contribution in [1.82, 2.24) is 9.62 Å². The molecule has 1 unspecified atom stereocenters. The topological polar surface area (TPSA) is 66.5 Å². The van der Waals surface area contributed by atoms with Crippen molar-refractivity contribution < 1.29 is 13.2 Å². The highest BCUT2D eigenvalue weighted by atomic mass is 32.2. The van der Waals surface area contributed by atoms with Crippen molar-refractivity contribution >= 4 is 15.9 Å². The zero-order chi connectivity index (χ0) is 18.2. The number of hydrogen-bond donors (Lipinski definition) is 1. The minimum Gasteiger partial charge on any atom is -0.353 e. The van der Waals surface area contributed by atoms with Crippen molar-refractivity contribution in [1.29, 1.82) is 0 Å². The molecule has 25 heavy (non-hydrogen) atoms. The summed E-state index contributed by atoms with van der Waals surface area (Å²) in [5.41, 5.74) is 3.10. The molecule has 2 aromatic carbocycles. The molecule has 1 N–H and O–H groups in total. The van der Waals surface area contributed by atoms with E-state index in [0.717, 1.165) is 5.56 Å². The maximum Gasteiger partial charge on any atom is 0.244 e. The third-order valence-corrected chi connectivity index (χ3v) is 6.63. The summed E-state index contributed by atoms with van der Waals surface area (Å²) in [6.07, 6.45) is 0. The van der Waals surface area contributed by atoms with Crippen LogP contribution in [0.15, 0.2) is 47.4 Å². The van der Waals surface area contributed by atoms with Gasteiger partial charge in [0.05, 0.1) is 4.90 Å². The Labute approximate surface area is 148 Å². The van der Waals surface area contributed by atoms with Gasteiger partial charge in [0, 0.05) is 13.1 Å². The van der Waals surface area contributed by atoms with Crippen LogP contribution in [0.4, 0.5) is 0 Å². The van der Waals surface area contributed by atoms with E-state index in [1.807, 2.05) is 37.3 Å². The summed E-state index contributed by atoms with van der Waals surface area (Å²) in [6, 6.07) is 11.9. The summed E-state index contributed by atoms with van der Waals surface area (Å²) in [5.74, 6) is -0.288. The number of amides is 1. The fourth-order valence-corrected chi connectivity index (χ4v) is 5.54. The molecule has 2 aromatic rings. The standard InChI is InChI=1S/C19H22N2O3S/c1-13-11-14(2)18(15(3)12-13)25(23,24)21-10-9-20-19(22)17(21)16-7-5-4-6-8-16/h4-8,11-12,17H,9-10H2,1-3H3,(H,20,22). The number of benzene rings is 2. The molecular weight excluding hydrogens is 336 g/mol. The molecule has 0 aromatic heterocycles. The van der Waals surface area contributed by atoms with E-state index in [-0.39, 0.29) is 12.5 Å². The minimum atomic E-state index is -3.80. The number of sulfonamides is 1. The molecule has 132 valence electrons. The monoisotopic (exact) mass is 358 g/mol. The molecule has 1 aliphatic rings. The minimum absolute atomic E-state index is 0.250. The van der Waals surface area contributed by atoms with Crippen LogP contribution in [-0.4, -0.2) is 31.7 Å². The summed E-state index contributed by atoms with van der Waals surface area (Å²) in [7, 11) is -3.80. The zero-order valence-corrected chi connectivity index (χ0v) is 15.4. The molecule has 5 nitrogen and oxygen atoms in total. The summed E-state index contributed by atoms with van der Waals surface area (Å²) in [5, 5.41) is 2.78. The van der Waals surface area contributed by atoms with Crippen molar-refractivity contribution in [3.05, 3.63) is 64.7 Å². The van der Waals surface area contributed by atoms with E-state index in [1.54, 1.807) is 26.0 Å². The molecule has 3 rings (SSSR count). The van der Waals surface area contributed by atoms with Crippen molar-refractivity contribution in [2.45, 2.75) is 31.7 Å². The quantitative estimate of drug-likeness (QED) is 0.917. The second-order valence-electron chi connectivity index (χ2n) is 6.45. The van der Waals surface area contributed by atoms with Gasteiger partial charge in [-0.3, -0.25) is 4.79 Å². The first-order chi connectivity index (χ1) is 11.8. The second kappa shape index (κ2) is 6.61. The maximum atomic E-state index is 13.4. The summed E-state index contributed by atoms with van der Waals surface area (Å²) >= 11 is 0. The first-order valence-corrected chi connectivity index (χ1v) is 9.68. The average Bonchev–Trinajstić information content (AvgIpc) is 2.54. The lowest BCUT2D eigenvalue weighted by molar-refractivity contribution is -0.126. The molecular formula is C19H22N2O3S. The molecule has 0 aliphatic carbocycles. The van der Waals surface area contributed by atoms with E-state index in [9.17, 15) is 13.2 Å². The van der Waals surface area contributed by atoms with Gasteiger partial charge in [-0.15, -0.1) is 0 Å². The summed E-state index contributed by atoms with van der Waals surface area (Å²) in [6.45, 7) is 6.10. The van der Waals surface area contributed by atoms with Gasteiger partial charge in [0.15, 0.2) is 0 Å². The van der Waals surface area contributed by atoms with Gasteiger partial charge in [0.1, 0.15) is 6.04 Å². The number of carbonyl (C=O) groups is 1. The lowest BCUT2D eigenvalue weighted by atomic mass is 10.1. The van der Waals surface area contributed by atoms with E-state index in [1.165, 1.54) is 4.31 Å². The Balaban J connectivity index is 2.13. The molecule has 1 atom stereocenters. The van der Waals surface area contributed by atoms with Crippen LogP contribution >= 0.6 is 0 Å². The lowest BCUT2D eigenvalue weighted by Crippen LogP contribution is -2.52. The van der Waals surface area contributed by atoms with Crippen LogP contribution < -0.4 is 5.32 Å². The van der Waals surface area contributed by atoms with Gasteiger partial charge in [-0.1, -0.05) is 48.0 Å². The van der Waals surface area contributed by atoms with Crippen molar-refractivity contribution in [3.63, 3.8) is 0 Å². The van der Waals surface area contributed by atoms with Crippen molar-refractivity contribution in [2.75, 3.05) is 13.1 Å². The fourth-order valence-electron chi connectivity index (χ4n) is 3.55. The Hall–Kier alpha value is -2.18. The number of nitrogens with zero attached hydrogens (tertiary/aromatic N) is 1. The number of rotatable bonds is 3. The van der Waals surface area contributed by atoms with E-state index in [2.05, 4.69) is 5.32 Å². The predicted octanol–water partition coefficient (Wildman–Crippen LogP) is 2.47. The molecule has 1 amide bonds. The van der Waals surface area contributed by atoms with Crippen LogP contribution in [0.5, 0.6) is 0 Å². The largest absolute Gasteiger partial charge is 0.353 e. The van der Waals surface area contributed by atoms with Gasteiger partial charge in [-0.05, 0) is 37.5 Å². The van der Waals surface area contributed by atoms with Gasteiger partial charge in [-0.25, -0.2) is 8.42 Å². The van der Waals surface area contributed by atoms with Crippen LogP contribution in [0.2, 0.25) is 0 Å². The van der Waals surface area contributed by atoms with Gasteiger partial charge in [-0.2, -0.15) is 4.31 Å². The number of aryl methyl sites for hydroxylation is 3. The smallest absolute Gasteiger partial charge is 0.244 e. The Kier molecular flexibility index (Phi) is 4.67. The maximum absolute atomic E-state index is 13.4. The van der Waals surface area contributed by atoms with Gasteiger partial charge >= 0.3 is 0 Å². The Morgan fingerprint density at radius 2 is 1.64 bits per heavy atom. The van der Waals surface area contributed by atoms with E-state index in [0.29, 0.717) is 28.1 Å². The first-order valence-electron chi connectivity index (χ1n) is 8.24. The molecule has 0 radical (unpaired) electrons. The van der Waals surface area contributed by atoms with Crippen LogP contribution in [0, 0.1) is 20.8 Å². The molecule has 0 bridgehead atoms. The SMILES string of the molecule is Cc1cc(C)c(S(=O)(=O)N2CCNC(=O)C2c2ccccc2)c(C)c1. The predicted molar refractivity (Wildman–Crippen MR) is 96.7 cm³/mol. The van der Waals surface area contributed by atoms with Crippen LogP contribution in [-0.2, 0) is 14.8 Å². The highest BCUT2D eigenvalue weighted by Crippen LogP contribution is 2.32. The first kappa shape index (κ1) is 17.6. The van der Waals surface area contributed by atoms with Crippen LogP contribution in [0.25, 0.3) is 0 Å². The Morgan fingerprint density at radius 1 is 1.04 bits per heavy atom. The number of carbonyl (C=O) groups excluding carboxylic acids is 1. The van der Waals surface area contributed by atoms with Crippen LogP contribution in [0.1, 0.15) is 28.3 Å². The van der Waals surface area contributed by atoms with E-state index >= 15 is 0 Å². The molecule has 0 spiro atoms. The van der Waals surface area contributed by atoms with Gasteiger partial charge < -0.3 is 5.32 Å². The molecule has 1 aliphatic heterocycles.